The van der Waals surface area contributed by atoms with Crippen LogP contribution in [-0.4, -0.2) is 34.3 Å². The molecule has 0 aliphatic carbocycles. The monoisotopic (exact) mass is 491 g/mol. The third-order valence-corrected chi connectivity index (χ3v) is 6.49. The van der Waals surface area contributed by atoms with E-state index in [-0.39, 0.29) is 17.1 Å². The second-order valence-electron chi connectivity index (χ2n) is 7.89. The van der Waals surface area contributed by atoms with Crippen molar-refractivity contribution in [3.63, 3.8) is 0 Å². The maximum Gasteiger partial charge on any atom is 0.269 e. The fourth-order valence-corrected chi connectivity index (χ4v) is 4.61. The van der Waals surface area contributed by atoms with Crippen LogP contribution in [0.4, 0.5) is 5.69 Å². The molecule has 5 aromatic rings. The molecule has 0 N–H and O–H groups in total. The van der Waals surface area contributed by atoms with E-state index in [1.165, 1.54) is 23.9 Å². The molecule has 0 radical (unpaired) electrons. The Morgan fingerprint density at radius 1 is 1.03 bits per heavy atom. The Bertz CT molecular complexity index is 1570. The zero-order valence-corrected chi connectivity index (χ0v) is 19.6. The van der Waals surface area contributed by atoms with Gasteiger partial charge in [-0.25, -0.2) is 0 Å². The van der Waals surface area contributed by atoms with Crippen molar-refractivity contribution in [1.82, 2.24) is 29.4 Å². The molecule has 2 aromatic carbocycles. The van der Waals surface area contributed by atoms with Crippen molar-refractivity contribution < 1.29 is 9.34 Å². The summed E-state index contributed by atoms with van der Waals surface area (Å²) in [4.78, 5) is 23.5. The summed E-state index contributed by atoms with van der Waals surface area (Å²) in [5, 5.41) is 28.9. The summed E-state index contributed by atoms with van der Waals surface area (Å²) >= 11 is 1.37. The fourth-order valence-electron chi connectivity index (χ4n) is 3.83. The van der Waals surface area contributed by atoms with Gasteiger partial charge in [-0.2, -0.15) is 0 Å². The number of benzene rings is 2. The van der Waals surface area contributed by atoms with Crippen molar-refractivity contribution in [2.24, 2.45) is 0 Å². The van der Waals surface area contributed by atoms with Crippen molar-refractivity contribution in [1.29, 1.82) is 0 Å². The lowest BCUT2D eigenvalue weighted by atomic mass is 10.2. The van der Waals surface area contributed by atoms with Gasteiger partial charge >= 0.3 is 0 Å². The van der Waals surface area contributed by atoms with Crippen molar-refractivity contribution in [3.8, 4) is 11.5 Å². The summed E-state index contributed by atoms with van der Waals surface area (Å²) in [6.07, 6.45) is 2.96. The summed E-state index contributed by atoms with van der Waals surface area (Å²) in [6, 6.07) is 13.3. The van der Waals surface area contributed by atoms with Crippen LogP contribution in [0.1, 0.15) is 32.1 Å². The van der Waals surface area contributed by atoms with Gasteiger partial charge in [0, 0.05) is 24.2 Å². The number of nitrogens with zero attached hydrogens (tertiary/aromatic N) is 7. The molecule has 3 heterocycles. The zero-order chi connectivity index (χ0) is 24.4. The van der Waals surface area contributed by atoms with Gasteiger partial charge in [0.25, 0.3) is 11.2 Å². The van der Waals surface area contributed by atoms with Crippen molar-refractivity contribution in [3.05, 3.63) is 74.9 Å². The first-order valence-electron chi connectivity index (χ1n) is 11.1. The summed E-state index contributed by atoms with van der Waals surface area (Å²) in [5.41, 5.74) is 1.25. The number of nitro benzene ring substituents is 1. The lowest BCUT2D eigenvalue weighted by molar-refractivity contribution is -0.384. The average Bonchev–Trinajstić information content (AvgIpc) is 3.52. The number of non-ortho nitro benzene ring substituents is 1. The van der Waals surface area contributed by atoms with Gasteiger partial charge < -0.3 is 4.42 Å². The molecule has 0 unspecified atom stereocenters. The van der Waals surface area contributed by atoms with Gasteiger partial charge in [0.15, 0.2) is 5.16 Å². The van der Waals surface area contributed by atoms with E-state index in [1.807, 2.05) is 28.7 Å². The third-order valence-electron chi connectivity index (χ3n) is 5.58. The van der Waals surface area contributed by atoms with Gasteiger partial charge in [0.2, 0.25) is 17.6 Å². The molecular formula is C23H21N7O4S. The molecule has 178 valence electrons. The topological polar surface area (TPSA) is 134 Å². The molecule has 0 aliphatic rings. The van der Waals surface area contributed by atoms with E-state index in [0.717, 1.165) is 24.8 Å². The summed E-state index contributed by atoms with van der Waals surface area (Å²) in [6.45, 7) is 2.70. The van der Waals surface area contributed by atoms with Gasteiger partial charge in [-0.1, -0.05) is 43.7 Å². The number of unbranched alkanes of at least 4 members (excludes halogenated alkanes) is 2. The van der Waals surface area contributed by atoms with E-state index >= 15 is 0 Å². The van der Waals surface area contributed by atoms with Gasteiger partial charge in [0.05, 0.1) is 21.6 Å². The van der Waals surface area contributed by atoms with Crippen molar-refractivity contribution in [2.75, 3.05) is 0 Å². The van der Waals surface area contributed by atoms with Crippen molar-refractivity contribution in [2.45, 2.75) is 43.6 Å². The highest BCUT2D eigenvalue weighted by atomic mass is 32.2. The van der Waals surface area contributed by atoms with Crippen LogP contribution in [0.2, 0.25) is 0 Å². The van der Waals surface area contributed by atoms with Crippen LogP contribution in [0.5, 0.6) is 0 Å². The minimum atomic E-state index is -0.463. The molecule has 0 atom stereocenters. The number of para-hydroxylation sites is 1. The standard InChI is InChI=1S/C23H21N7O4S/c1-2-3-6-13-28-21(31)17-7-4-5-8-18(17)29-22(28)26-27-23(29)35-14-19-24-25-20(34-19)15-9-11-16(12-10-15)30(32)33/h4-5,7-12H,2-3,6,13-14H2,1H3. The number of thioether (sulfide) groups is 1. The fraction of sp³-hybridized carbons (Fsp3) is 0.261. The second kappa shape index (κ2) is 9.66. The maximum absolute atomic E-state index is 13.1. The molecule has 5 rings (SSSR count). The first-order valence-corrected chi connectivity index (χ1v) is 12.1. The molecule has 0 saturated heterocycles. The first-order chi connectivity index (χ1) is 17.1. The highest BCUT2D eigenvalue weighted by Gasteiger charge is 2.18. The molecular weight excluding hydrogens is 470 g/mol. The summed E-state index contributed by atoms with van der Waals surface area (Å²) in [7, 11) is 0. The normalized spacial score (nSPS) is 11.5. The van der Waals surface area contributed by atoms with E-state index in [9.17, 15) is 14.9 Å². The van der Waals surface area contributed by atoms with Crippen LogP contribution in [0.15, 0.2) is 62.9 Å². The number of hydrogen-bond acceptors (Lipinski definition) is 9. The Morgan fingerprint density at radius 3 is 2.60 bits per heavy atom. The lowest BCUT2D eigenvalue weighted by Gasteiger charge is -2.10. The zero-order valence-electron chi connectivity index (χ0n) is 18.8. The van der Waals surface area contributed by atoms with Crippen LogP contribution in [0.25, 0.3) is 28.1 Å². The molecule has 0 spiro atoms. The van der Waals surface area contributed by atoms with Gasteiger partial charge in [-0.05, 0) is 30.7 Å². The molecule has 35 heavy (non-hydrogen) atoms. The Morgan fingerprint density at radius 2 is 1.83 bits per heavy atom. The molecule has 11 nitrogen and oxygen atoms in total. The molecule has 0 saturated carbocycles. The quantitative estimate of drug-likeness (QED) is 0.126. The van der Waals surface area contributed by atoms with Crippen LogP contribution in [-0.2, 0) is 12.3 Å². The Labute approximate surface area is 203 Å². The number of hydrogen-bond donors (Lipinski definition) is 0. The average molecular weight is 492 g/mol. The van der Waals surface area contributed by atoms with E-state index < -0.39 is 4.92 Å². The van der Waals surface area contributed by atoms with Crippen LogP contribution < -0.4 is 5.56 Å². The number of aromatic nitrogens is 6. The van der Waals surface area contributed by atoms with Crippen LogP contribution in [0, 0.1) is 10.1 Å². The smallest absolute Gasteiger partial charge is 0.269 e. The molecule has 0 fully saturated rings. The van der Waals surface area contributed by atoms with E-state index in [1.54, 1.807) is 16.7 Å². The van der Waals surface area contributed by atoms with Gasteiger partial charge in [-0.15, -0.1) is 20.4 Å². The van der Waals surface area contributed by atoms with E-state index in [0.29, 0.717) is 40.1 Å². The number of aryl methyl sites for hydroxylation is 1. The third kappa shape index (κ3) is 4.39. The molecule has 3 aromatic heterocycles. The Hall–Kier alpha value is -4.06. The largest absolute Gasteiger partial charge is 0.420 e. The first kappa shape index (κ1) is 22.7. The summed E-state index contributed by atoms with van der Waals surface area (Å²) < 4.78 is 9.33. The minimum absolute atomic E-state index is 0.0110. The van der Waals surface area contributed by atoms with Crippen LogP contribution >= 0.6 is 11.8 Å². The molecule has 12 heteroatoms. The molecule has 0 bridgehead atoms. The molecule has 0 amide bonds. The Kier molecular flexibility index (Phi) is 6.27. The Balaban J connectivity index is 1.43. The SMILES string of the molecule is CCCCCn1c(=O)c2ccccc2n2c(SCc3nnc(-c4ccc([N+](=O)[O-])cc4)o3)nnc12. The number of nitro groups is 1. The predicted octanol–water partition coefficient (Wildman–Crippen LogP) is 4.48. The van der Waals surface area contributed by atoms with Crippen molar-refractivity contribution >= 4 is 34.1 Å². The number of rotatable bonds is 9. The van der Waals surface area contributed by atoms with Crippen LogP contribution in [0.3, 0.4) is 0 Å². The predicted molar refractivity (Wildman–Crippen MR) is 130 cm³/mol. The minimum Gasteiger partial charge on any atom is -0.420 e. The van der Waals surface area contributed by atoms with E-state index in [4.69, 9.17) is 4.42 Å². The summed E-state index contributed by atoms with van der Waals surface area (Å²) in [5.74, 6) is 1.49. The second-order valence-corrected chi connectivity index (χ2v) is 8.84. The highest BCUT2D eigenvalue weighted by molar-refractivity contribution is 7.98. The highest BCUT2D eigenvalue weighted by Crippen LogP contribution is 2.26. The lowest BCUT2D eigenvalue weighted by Crippen LogP contribution is -2.23. The molecule has 0 aliphatic heterocycles. The van der Waals surface area contributed by atoms with Gasteiger partial charge in [-0.3, -0.25) is 23.9 Å². The maximum atomic E-state index is 13.1. The van der Waals surface area contributed by atoms with E-state index in [2.05, 4.69) is 27.3 Å². The number of fused-ring (bicyclic) bond motifs is 3. The van der Waals surface area contributed by atoms with Gasteiger partial charge in [0.1, 0.15) is 0 Å².